The highest BCUT2D eigenvalue weighted by Gasteiger charge is 2.18. The first-order chi connectivity index (χ1) is 13.6. The second-order valence-electron chi connectivity index (χ2n) is 8.72. The second kappa shape index (κ2) is 13.4. The van der Waals surface area contributed by atoms with E-state index in [1.54, 1.807) is 0 Å². The van der Waals surface area contributed by atoms with Crippen LogP contribution in [-0.4, -0.2) is 98.7 Å². The molecular formula is C22H46N6. The van der Waals surface area contributed by atoms with Crippen LogP contribution in [0.1, 0.15) is 53.4 Å². The minimum Gasteiger partial charge on any atom is -0.357 e. The normalized spacial score (nSPS) is 24.3. The molecule has 0 bridgehead atoms. The Bertz CT molecular complexity index is 433. The van der Waals surface area contributed by atoms with Gasteiger partial charge in [-0.3, -0.25) is 4.99 Å². The molecule has 6 nitrogen and oxygen atoms in total. The topological polar surface area (TPSA) is 46.1 Å². The molecule has 2 saturated heterocycles. The lowest BCUT2D eigenvalue weighted by Gasteiger charge is -2.35. The number of guanidine groups is 1. The largest absolute Gasteiger partial charge is 0.357 e. The van der Waals surface area contributed by atoms with Gasteiger partial charge in [-0.15, -0.1) is 0 Å². The molecule has 2 aliphatic heterocycles. The predicted octanol–water partition coefficient (Wildman–Crippen LogP) is 2.08. The van der Waals surface area contributed by atoms with Gasteiger partial charge in [-0.25, -0.2) is 0 Å². The van der Waals surface area contributed by atoms with Crippen molar-refractivity contribution in [3.63, 3.8) is 0 Å². The average molecular weight is 395 g/mol. The Hall–Kier alpha value is -0.850. The van der Waals surface area contributed by atoms with Crippen LogP contribution in [0.4, 0.5) is 0 Å². The summed E-state index contributed by atoms with van der Waals surface area (Å²) in [5.41, 5.74) is 0. The van der Waals surface area contributed by atoms with Crippen molar-refractivity contribution in [1.82, 2.24) is 25.3 Å². The number of rotatable bonds is 10. The Kier molecular flexibility index (Phi) is 11.2. The monoisotopic (exact) mass is 394 g/mol. The predicted molar refractivity (Wildman–Crippen MR) is 121 cm³/mol. The number of hydrogen-bond acceptors (Lipinski definition) is 4. The number of aliphatic imine (C=N–C) groups is 1. The molecule has 2 unspecified atom stereocenters. The quantitative estimate of drug-likeness (QED) is 0.337. The second-order valence-corrected chi connectivity index (χ2v) is 8.72. The van der Waals surface area contributed by atoms with E-state index in [9.17, 15) is 0 Å². The smallest absolute Gasteiger partial charge is 0.191 e. The fourth-order valence-electron chi connectivity index (χ4n) is 4.35. The molecule has 2 aliphatic rings. The summed E-state index contributed by atoms with van der Waals surface area (Å²) in [6.07, 6.45) is 5.32. The summed E-state index contributed by atoms with van der Waals surface area (Å²) in [5, 5.41) is 6.95. The van der Waals surface area contributed by atoms with Gasteiger partial charge < -0.3 is 25.3 Å². The van der Waals surface area contributed by atoms with E-state index in [0.29, 0.717) is 5.92 Å². The third-order valence-corrected chi connectivity index (χ3v) is 6.24. The van der Waals surface area contributed by atoms with Crippen LogP contribution in [0.3, 0.4) is 0 Å². The Labute approximate surface area is 174 Å². The van der Waals surface area contributed by atoms with Crippen LogP contribution in [0.15, 0.2) is 4.99 Å². The van der Waals surface area contributed by atoms with Crippen molar-refractivity contribution >= 4 is 5.96 Å². The summed E-state index contributed by atoms with van der Waals surface area (Å²) in [6.45, 7) is 21.6. The van der Waals surface area contributed by atoms with Gasteiger partial charge in [-0.1, -0.05) is 20.3 Å². The molecular weight excluding hydrogens is 348 g/mol. The third-order valence-electron chi connectivity index (χ3n) is 6.24. The van der Waals surface area contributed by atoms with Crippen molar-refractivity contribution in [2.75, 3.05) is 72.0 Å². The summed E-state index contributed by atoms with van der Waals surface area (Å²) in [4.78, 5) is 12.6. The van der Waals surface area contributed by atoms with Gasteiger partial charge in [-0.2, -0.15) is 0 Å². The lowest BCUT2D eigenvalue weighted by molar-refractivity contribution is 0.125. The third kappa shape index (κ3) is 8.66. The van der Waals surface area contributed by atoms with Crippen LogP contribution in [0.25, 0.3) is 0 Å². The van der Waals surface area contributed by atoms with E-state index in [1.807, 2.05) is 0 Å². The number of hydrogen-bond donors (Lipinski definition) is 2. The number of piperidine rings is 1. The van der Waals surface area contributed by atoms with E-state index in [-0.39, 0.29) is 0 Å². The van der Waals surface area contributed by atoms with Crippen LogP contribution in [0, 0.1) is 5.92 Å². The van der Waals surface area contributed by atoms with Crippen molar-refractivity contribution in [2.24, 2.45) is 10.9 Å². The summed E-state index contributed by atoms with van der Waals surface area (Å²) >= 11 is 0. The van der Waals surface area contributed by atoms with Gasteiger partial charge in [0.15, 0.2) is 5.96 Å². The molecule has 0 radical (unpaired) electrons. The van der Waals surface area contributed by atoms with Gasteiger partial charge in [0.25, 0.3) is 0 Å². The molecule has 2 fully saturated rings. The van der Waals surface area contributed by atoms with Gasteiger partial charge in [0.2, 0.25) is 0 Å². The highest BCUT2D eigenvalue weighted by atomic mass is 15.3. The first-order valence-electron chi connectivity index (χ1n) is 11.8. The number of nitrogens with zero attached hydrogens (tertiary/aromatic N) is 4. The number of likely N-dealkylation sites (tertiary alicyclic amines) is 1. The van der Waals surface area contributed by atoms with E-state index in [0.717, 1.165) is 38.2 Å². The molecule has 2 atom stereocenters. The van der Waals surface area contributed by atoms with Crippen LogP contribution in [-0.2, 0) is 0 Å². The standard InChI is InChI=1S/C22H46N6/c1-5-23-22(24-11-9-13-28-12-8-7-10-21(28)4)25-18-20(3)19-27-16-14-26(6-2)15-17-27/h20-21H,5-19H2,1-4H3,(H2,23,24,25). The Morgan fingerprint density at radius 1 is 1.04 bits per heavy atom. The van der Waals surface area contributed by atoms with Crippen LogP contribution in [0.2, 0.25) is 0 Å². The maximum atomic E-state index is 4.85. The maximum absolute atomic E-state index is 4.85. The van der Waals surface area contributed by atoms with Crippen LogP contribution >= 0.6 is 0 Å². The van der Waals surface area contributed by atoms with E-state index in [2.05, 4.69) is 53.0 Å². The zero-order valence-corrected chi connectivity index (χ0v) is 19.1. The minimum absolute atomic E-state index is 0.595. The van der Waals surface area contributed by atoms with E-state index >= 15 is 0 Å². The summed E-state index contributed by atoms with van der Waals surface area (Å²) in [6, 6.07) is 0.760. The molecule has 2 heterocycles. The number of nitrogens with one attached hydrogen (secondary N) is 2. The van der Waals surface area contributed by atoms with E-state index in [4.69, 9.17) is 4.99 Å². The lowest BCUT2D eigenvalue weighted by Crippen LogP contribution is -2.47. The van der Waals surface area contributed by atoms with Crippen LogP contribution in [0.5, 0.6) is 0 Å². The fourth-order valence-corrected chi connectivity index (χ4v) is 4.35. The molecule has 2 N–H and O–H groups in total. The zero-order chi connectivity index (χ0) is 20.2. The molecule has 0 amide bonds. The molecule has 28 heavy (non-hydrogen) atoms. The van der Waals surface area contributed by atoms with E-state index < -0.39 is 0 Å². The lowest BCUT2D eigenvalue weighted by atomic mass is 10.0. The zero-order valence-electron chi connectivity index (χ0n) is 19.1. The highest BCUT2D eigenvalue weighted by molar-refractivity contribution is 5.79. The molecule has 0 aromatic carbocycles. The van der Waals surface area contributed by atoms with E-state index in [1.165, 1.54) is 71.5 Å². The molecule has 164 valence electrons. The number of piperazine rings is 1. The fraction of sp³-hybridized carbons (Fsp3) is 0.955. The Morgan fingerprint density at radius 2 is 1.79 bits per heavy atom. The van der Waals surface area contributed by atoms with Gasteiger partial charge in [0.1, 0.15) is 0 Å². The number of likely N-dealkylation sites (N-methyl/N-ethyl adjacent to an activating group) is 1. The summed E-state index contributed by atoms with van der Waals surface area (Å²) in [5.74, 6) is 1.58. The first kappa shape index (κ1) is 23.4. The van der Waals surface area contributed by atoms with Gasteiger partial charge >= 0.3 is 0 Å². The summed E-state index contributed by atoms with van der Waals surface area (Å²) < 4.78 is 0. The molecule has 0 saturated carbocycles. The molecule has 0 aromatic heterocycles. The molecule has 2 rings (SSSR count). The molecule has 0 aromatic rings. The van der Waals surface area contributed by atoms with Crippen molar-refractivity contribution in [1.29, 1.82) is 0 Å². The highest BCUT2D eigenvalue weighted by Crippen LogP contribution is 2.16. The Morgan fingerprint density at radius 3 is 2.46 bits per heavy atom. The molecule has 0 aliphatic carbocycles. The molecule has 0 spiro atoms. The SMILES string of the molecule is CCNC(=NCC(C)CN1CCN(CC)CC1)NCCCN1CCCCC1C. The maximum Gasteiger partial charge on any atom is 0.191 e. The minimum atomic E-state index is 0.595. The van der Waals surface area contributed by atoms with Gasteiger partial charge in [0, 0.05) is 64.9 Å². The Balaban J connectivity index is 1.64. The van der Waals surface area contributed by atoms with Crippen molar-refractivity contribution in [2.45, 2.75) is 59.4 Å². The summed E-state index contributed by atoms with van der Waals surface area (Å²) in [7, 11) is 0. The van der Waals surface area contributed by atoms with Crippen molar-refractivity contribution in [3.8, 4) is 0 Å². The van der Waals surface area contributed by atoms with Crippen molar-refractivity contribution in [3.05, 3.63) is 0 Å². The van der Waals surface area contributed by atoms with Crippen LogP contribution < -0.4 is 10.6 Å². The van der Waals surface area contributed by atoms with Gasteiger partial charge in [-0.05, 0) is 52.1 Å². The van der Waals surface area contributed by atoms with Gasteiger partial charge in [0.05, 0.1) is 0 Å². The van der Waals surface area contributed by atoms with Crippen molar-refractivity contribution < 1.29 is 0 Å². The first-order valence-corrected chi connectivity index (χ1v) is 11.8. The average Bonchev–Trinajstić information content (AvgIpc) is 2.71. The molecule has 6 heteroatoms.